The molecule has 0 aliphatic rings. The van der Waals surface area contributed by atoms with Crippen LogP contribution in [0.5, 0.6) is 0 Å². The van der Waals surface area contributed by atoms with Crippen LogP contribution in [0, 0.1) is 0 Å². The van der Waals surface area contributed by atoms with Crippen LogP contribution < -0.4 is 0 Å². The standard InChI is InChI=1S/C4H7Cl3O2S/c1-3(2,10(8)9)4(5,6)7/h1-2H3,(H,8,9). The first-order chi connectivity index (χ1) is 4.19. The summed E-state index contributed by atoms with van der Waals surface area (Å²) >= 11 is 14.1. The molecule has 0 fully saturated rings. The minimum Gasteiger partial charge on any atom is -0.306 e. The molecule has 0 aliphatic carbocycles. The number of hydrogen-bond acceptors (Lipinski definition) is 1. The fraction of sp³-hybridized carbons (Fsp3) is 1.00. The van der Waals surface area contributed by atoms with E-state index in [1.165, 1.54) is 13.8 Å². The molecule has 0 spiro atoms. The van der Waals surface area contributed by atoms with Gasteiger partial charge in [0.25, 0.3) is 0 Å². The number of alkyl halides is 3. The average molecular weight is 226 g/mol. The van der Waals surface area contributed by atoms with Gasteiger partial charge in [0.2, 0.25) is 3.79 Å². The molecular formula is C4H7Cl3O2S. The highest BCUT2D eigenvalue weighted by Gasteiger charge is 2.45. The molecule has 0 heterocycles. The summed E-state index contributed by atoms with van der Waals surface area (Å²) in [7, 11) is 0. The molecule has 6 heteroatoms. The third-order valence-corrected chi connectivity index (χ3v) is 4.05. The van der Waals surface area contributed by atoms with Crippen LogP contribution in [-0.4, -0.2) is 17.3 Å². The van der Waals surface area contributed by atoms with Gasteiger partial charge < -0.3 is 4.55 Å². The van der Waals surface area contributed by atoms with Gasteiger partial charge in [-0.25, -0.2) is 4.21 Å². The monoisotopic (exact) mass is 224 g/mol. The van der Waals surface area contributed by atoms with E-state index in [2.05, 4.69) is 0 Å². The maximum Gasteiger partial charge on any atom is 0.209 e. The molecule has 0 saturated carbocycles. The first-order valence-corrected chi connectivity index (χ1v) is 4.61. The van der Waals surface area contributed by atoms with Gasteiger partial charge in [0.1, 0.15) is 4.75 Å². The van der Waals surface area contributed by atoms with Crippen LogP contribution in [0.25, 0.3) is 0 Å². The summed E-state index contributed by atoms with van der Waals surface area (Å²) in [5.41, 5.74) is 0. The van der Waals surface area contributed by atoms with Gasteiger partial charge in [-0.3, -0.25) is 0 Å². The molecule has 0 rings (SSSR count). The molecule has 1 N–H and O–H groups in total. The molecule has 1 atom stereocenters. The molecule has 0 aromatic heterocycles. The van der Waals surface area contributed by atoms with Gasteiger partial charge >= 0.3 is 0 Å². The topological polar surface area (TPSA) is 37.3 Å². The van der Waals surface area contributed by atoms with E-state index in [0.717, 1.165) is 0 Å². The fourth-order valence-electron chi connectivity index (χ4n) is 0.0990. The Balaban J connectivity index is 4.57. The maximum absolute atomic E-state index is 10.5. The molecule has 1 unspecified atom stereocenters. The van der Waals surface area contributed by atoms with Crippen LogP contribution >= 0.6 is 34.8 Å². The van der Waals surface area contributed by atoms with Crippen molar-refractivity contribution in [2.75, 3.05) is 0 Å². The van der Waals surface area contributed by atoms with E-state index >= 15 is 0 Å². The second-order valence-electron chi connectivity index (χ2n) is 2.26. The second-order valence-corrected chi connectivity index (χ2v) is 6.06. The van der Waals surface area contributed by atoms with Crippen molar-refractivity contribution < 1.29 is 8.76 Å². The van der Waals surface area contributed by atoms with E-state index in [-0.39, 0.29) is 0 Å². The lowest BCUT2D eigenvalue weighted by Crippen LogP contribution is -2.40. The van der Waals surface area contributed by atoms with E-state index in [4.69, 9.17) is 39.4 Å². The van der Waals surface area contributed by atoms with Gasteiger partial charge in [0.15, 0.2) is 11.1 Å². The smallest absolute Gasteiger partial charge is 0.209 e. The highest BCUT2D eigenvalue weighted by Crippen LogP contribution is 2.40. The van der Waals surface area contributed by atoms with Gasteiger partial charge in [0, 0.05) is 0 Å². The Hall–Kier alpha value is 0.980. The summed E-state index contributed by atoms with van der Waals surface area (Å²) in [5.74, 6) is 0. The highest BCUT2D eigenvalue weighted by atomic mass is 35.6. The highest BCUT2D eigenvalue weighted by molar-refractivity contribution is 7.81. The van der Waals surface area contributed by atoms with E-state index in [0.29, 0.717) is 0 Å². The van der Waals surface area contributed by atoms with Crippen molar-refractivity contribution in [1.29, 1.82) is 0 Å². The Kier molecular flexibility index (Phi) is 3.46. The molecule has 2 nitrogen and oxygen atoms in total. The van der Waals surface area contributed by atoms with Crippen LogP contribution in [0.2, 0.25) is 0 Å². The lowest BCUT2D eigenvalue weighted by molar-refractivity contribution is 0.518. The van der Waals surface area contributed by atoms with Crippen LogP contribution in [0.1, 0.15) is 13.8 Å². The molecule has 62 valence electrons. The van der Waals surface area contributed by atoms with Gasteiger partial charge in [-0.05, 0) is 13.8 Å². The van der Waals surface area contributed by atoms with Crippen molar-refractivity contribution in [3.63, 3.8) is 0 Å². The summed E-state index contributed by atoms with van der Waals surface area (Å²) in [5, 5.41) is 0. The Bertz CT molecular complexity index is 151. The largest absolute Gasteiger partial charge is 0.306 e. The lowest BCUT2D eigenvalue weighted by Gasteiger charge is -2.27. The van der Waals surface area contributed by atoms with Crippen LogP contribution in [-0.2, 0) is 11.1 Å². The van der Waals surface area contributed by atoms with Crippen molar-refractivity contribution in [3.8, 4) is 0 Å². The minimum atomic E-state index is -2.14. The van der Waals surface area contributed by atoms with Gasteiger partial charge in [-0.2, -0.15) is 0 Å². The minimum absolute atomic E-state index is 1.24. The quantitative estimate of drug-likeness (QED) is 0.549. The predicted octanol–water partition coefficient (Wildman–Crippen LogP) is 2.36. The van der Waals surface area contributed by atoms with Crippen molar-refractivity contribution in [3.05, 3.63) is 0 Å². The summed E-state index contributed by atoms with van der Waals surface area (Å²) < 4.78 is 16.2. The molecule has 0 aliphatic heterocycles. The van der Waals surface area contributed by atoms with Crippen molar-refractivity contribution in [1.82, 2.24) is 0 Å². The number of hydrogen-bond donors (Lipinski definition) is 1. The molecular weight excluding hydrogens is 218 g/mol. The summed E-state index contributed by atoms with van der Waals surface area (Å²) in [6, 6.07) is 0. The van der Waals surface area contributed by atoms with Crippen molar-refractivity contribution >= 4 is 45.9 Å². The van der Waals surface area contributed by atoms with Gasteiger partial charge in [-0.15, -0.1) is 0 Å². The second kappa shape index (κ2) is 3.15. The zero-order valence-corrected chi connectivity index (χ0v) is 8.48. The molecule has 0 radical (unpaired) electrons. The summed E-state index contributed by atoms with van der Waals surface area (Å²) in [6.45, 7) is 2.80. The average Bonchev–Trinajstić information content (AvgIpc) is 1.62. The molecule has 0 bridgehead atoms. The van der Waals surface area contributed by atoms with Crippen LogP contribution in [0.15, 0.2) is 0 Å². The molecule has 0 amide bonds. The van der Waals surface area contributed by atoms with Crippen molar-refractivity contribution in [2.45, 2.75) is 22.4 Å². The van der Waals surface area contributed by atoms with Crippen LogP contribution in [0.4, 0.5) is 0 Å². The SMILES string of the molecule is CC(C)(S(=O)O)C(Cl)(Cl)Cl. The normalized spacial score (nSPS) is 17.0. The fourth-order valence-corrected chi connectivity index (χ4v) is 0.891. The number of halogens is 3. The van der Waals surface area contributed by atoms with E-state index in [1.807, 2.05) is 0 Å². The molecule has 10 heavy (non-hydrogen) atoms. The molecule has 0 aromatic rings. The Morgan fingerprint density at radius 3 is 1.60 bits per heavy atom. The van der Waals surface area contributed by atoms with E-state index in [1.54, 1.807) is 0 Å². The first-order valence-electron chi connectivity index (χ1n) is 2.37. The maximum atomic E-state index is 10.5. The Morgan fingerprint density at radius 2 is 1.60 bits per heavy atom. The summed E-state index contributed by atoms with van der Waals surface area (Å²) in [4.78, 5) is 0. The third-order valence-electron chi connectivity index (χ3n) is 1.12. The van der Waals surface area contributed by atoms with Gasteiger partial charge in [-0.1, -0.05) is 34.8 Å². The Morgan fingerprint density at radius 1 is 1.30 bits per heavy atom. The molecule has 0 saturated heterocycles. The third kappa shape index (κ3) is 2.24. The number of rotatable bonds is 1. The van der Waals surface area contributed by atoms with Gasteiger partial charge in [0.05, 0.1) is 0 Å². The zero-order valence-electron chi connectivity index (χ0n) is 5.40. The van der Waals surface area contributed by atoms with E-state index in [9.17, 15) is 4.21 Å². The summed E-state index contributed by atoms with van der Waals surface area (Å²) in [6.07, 6.45) is 0. The Labute approximate surface area is 77.1 Å². The van der Waals surface area contributed by atoms with Crippen molar-refractivity contribution in [2.24, 2.45) is 0 Å². The van der Waals surface area contributed by atoms with E-state index < -0.39 is 19.6 Å². The predicted molar refractivity (Wildman–Crippen MR) is 45.1 cm³/mol. The molecule has 0 aromatic carbocycles. The zero-order chi connectivity index (χ0) is 8.58. The lowest BCUT2D eigenvalue weighted by atomic mass is 10.2. The van der Waals surface area contributed by atoms with Crippen LogP contribution in [0.3, 0.4) is 0 Å². The first kappa shape index (κ1) is 11.0.